The minimum absolute atomic E-state index is 0.0154. The topological polar surface area (TPSA) is 61.5 Å². The van der Waals surface area contributed by atoms with Gasteiger partial charge in [-0.15, -0.1) is 0 Å². The summed E-state index contributed by atoms with van der Waals surface area (Å²) in [6, 6.07) is 0. The van der Waals surface area contributed by atoms with Crippen molar-refractivity contribution in [3.63, 3.8) is 0 Å². The van der Waals surface area contributed by atoms with E-state index >= 15 is 0 Å². The summed E-state index contributed by atoms with van der Waals surface area (Å²) in [5, 5.41) is 5.19. The van der Waals surface area contributed by atoms with Gasteiger partial charge < -0.3 is 9.47 Å². The van der Waals surface area contributed by atoms with E-state index in [1.807, 2.05) is 0 Å². The third-order valence-corrected chi connectivity index (χ3v) is 2.78. The Morgan fingerprint density at radius 2 is 2.58 bits per heavy atom. The molecule has 0 bridgehead atoms. The van der Waals surface area contributed by atoms with Gasteiger partial charge in [0.1, 0.15) is 0 Å². The van der Waals surface area contributed by atoms with Crippen LogP contribution in [0, 0.1) is 5.92 Å². The van der Waals surface area contributed by atoms with Gasteiger partial charge in [0.05, 0.1) is 29.4 Å². The molecule has 0 aromatic heterocycles. The van der Waals surface area contributed by atoms with Gasteiger partial charge in [-0.25, -0.2) is 4.21 Å². The summed E-state index contributed by atoms with van der Waals surface area (Å²) < 4.78 is 21.1. The Morgan fingerprint density at radius 1 is 1.83 bits per heavy atom. The summed E-state index contributed by atoms with van der Waals surface area (Å²) in [6.45, 7) is 1.48. The highest BCUT2D eigenvalue weighted by Crippen LogP contribution is 2.18. The van der Waals surface area contributed by atoms with Crippen LogP contribution in [0.5, 0.6) is 0 Å². The standard InChI is InChI=1S/C7H15NO3S/c1-10-7(5-12(8)9)6-2-3-11-4-6/h6-7H,2-5,8H2,1H3. The van der Waals surface area contributed by atoms with Crippen molar-refractivity contribution in [1.29, 1.82) is 0 Å². The summed E-state index contributed by atoms with van der Waals surface area (Å²) in [5.74, 6) is 0.771. The molecule has 0 aromatic rings. The molecule has 72 valence electrons. The monoisotopic (exact) mass is 193 g/mol. The maximum atomic E-state index is 10.7. The van der Waals surface area contributed by atoms with Crippen LogP contribution in [0.1, 0.15) is 6.42 Å². The van der Waals surface area contributed by atoms with Crippen molar-refractivity contribution in [3.8, 4) is 0 Å². The van der Waals surface area contributed by atoms with Crippen molar-refractivity contribution in [2.75, 3.05) is 26.1 Å². The third-order valence-electron chi connectivity index (χ3n) is 2.12. The summed E-state index contributed by atoms with van der Waals surface area (Å²) in [7, 11) is 0.349. The van der Waals surface area contributed by atoms with Crippen molar-refractivity contribution in [1.82, 2.24) is 0 Å². The van der Waals surface area contributed by atoms with Crippen LogP contribution in [0.25, 0.3) is 0 Å². The quantitative estimate of drug-likeness (QED) is 0.664. The third kappa shape index (κ3) is 2.82. The van der Waals surface area contributed by atoms with Gasteiger partial charge in [0.15, 0.2) is 0 Å². The first kappa shape index (κ1) is 10.1. The lowest BCUT2D eigenvalue weighted by molar-refractivity contribution is 0.0617. The van der Waals surface area contributed by atoms with Gasteiger partial charge in [-0.05, 0) is 6.42 Å². The van der Waals surface area contributed by atoms with E-state index < -0.39 is 11.0 Å². The Labute approximate surface area is 75.0 Å². The van der Waals surface area contributed by atoms with Gasteiger partial charge in [-0.1, -0.05) is 0 Å². The molecular formula is C7H15NO3S. The Balaban J connectivity index is 2.37. The van der Waals surface area contributed by atoms with Crippen LogP contribution in [-0.2, 0) is 20.5 Å². The Morgan fingerprint density at radius 3 is 3.00 bits per heavy atom. The van der Waals surface area contributed by atoms with Crippen LogP contribution in [-0.4, -0.2) is 36.4 Å². The first-order chi connectivity index (χ1) is 5.74. The number of rotatable bonds is 4. The van der Waals surface area contributed by atoms with E-state index in [0.29, 0.717) is 18.3 Å². The number of hydrogen-bond donors (Lipinski definition) is 1. The highest BCUT2D eigenvalue weighted by Gasteiger charge is 2.26. The first-order valence-electron chi connectivity index (χ1n) is 3.97. The first-order valence-corrected chi connectivity index (χ1v) is 5.35. The van der Waals surface area contributed by atoms with E-state index in [2.05, 4.69) is 0 Å². The summed E-state index contributed by atoms with van der Waals surface area (Å²) >= 11 is 0. The maximum absolute atomic E-state index is 10.7. The number of ether oxygens (including phenoxy) is 2. The fourth-order valence-electron chi connectivity index (χ4n) is 1.40. The predicted octanol–water partition coefficient (Wildman–Crippen LogP) is -0.340. The van der Waals surface area contributed by atoms with Gasteiger partial charge in [0, 0.05) is 19.6 Å². The van der Waals surface area contributed by atoms with E-state index in [1.54, 1.807) is 7.11 Å². The molecule has 0 aromatic carbocycles. The molecule has 0 radical (unpaired) electrons. The van der Waals surface area contributed by atoms with Crippen molar-refractivity contribution in [3.05, 3.63) is 0 Å². The van der Waals surface area contributed by atoms with Crippen molar-refractivity contribution in [2.45, 2.75) is 12.5 Å². The SMILES string of the molecule is COC(CS(N)=O)C1CCOC1. The van der Waals surface area contributed by atoms with Crippen molar-refractivity contribution >= 4 is 11.0 Å². The molecular weight excluding hydrogens is 178 g/mol. The molecule has 4 nitrogen and oxygen atoms in total. The van der Waals surface area contributed by atoms with E-state index in [0.717, 1.165) is 13.0 Å². The molecule has 1 rings (SSSR count). The average molecular weight is 193 g/mol. The normalized spacial score (nSPS) is 28.7. The van der Waals surface area contributed by atoms with Gasteiger partial charge in [0.25, 0.3) is 0 Å². The number of hydrogen-bond acceptors (Lipinski definition) is 3. The van der Waals surface area contributed by atoms with Crippen molar-refractivity contribution < 1.29 is 13.7 Å². The van der Waals surface area contributed by atoms with Gasteiger partial charge in [0.2, 0.25) is 0 Å². The molecule has 1 aliphatic heterocycles. The number of methoxy groups -OCH3 is 1. The lowest BCUT2D eigenvalue weighted by Crippen LogP contribution is -2.31. The molecule has 0 amide bonds. The Bertz CT molecular complexity index is 159. The maximum Gasteiger partial charge on any atom is 0.0914 e. The zero-order chi connectivity index (χ0) is 8.97. The van der Waals surface area contributed by atoms with Gasteiger partial charge in [-0.2, -0.15) is 0 Å². The Hall–Kier alpha value is 0.0300. The lowest BCUT2D eigenvalue weighted by Gasteiger charge is -2.18. The molecule has 0 spiro atoms. The predicted molar refractivity (Wildman–Crippen MR) is 46.9 cm³/mol. The van der Waals surface area contributed by atoms with Crippen LogP contribution in [0.3, 0.4) is 0 Å². The zero-order valence-electron chi connectivity index (χ0n) is 7.19. The lowest BCUT2D eigenvalue weighted by atomic mass is 10.0. The second kappa shape index (κ2) is 4.91. The molecule has 0 aliphatic carbocycles. The molecule has 3 atom stereocenters. The second-order valence-electron chi connectivity index (χ2n) is 2.95. The number of nitrogens with two attached hydrogens (primary N) is 1. The largest absolute Gasteiger partial charge is 0.381 e. The summed E-state index contributed by atoms with van der Waals surface area (Å²) in [6.07, 6.45) is 0.966. The van der Waals surface area contributed by atoms with E-state index in [1.165, 1.54) is 0 Å². The highest BCUT2D eigenvalue weighted by atomic mass is 32.2. The van der Waals surface area contributed by atoms with Gasteiger partial charge >= 0.3 is 0 Å². The fraction of sp³-hybridized carbons (Fsp3) is 1.00. The van der Waals surface area contributed by atoms with E-state index in [9.17, 15) is 4.21 Å². The minimum Gasteiger partial charge on any atom is -0.381 e. The fourth-order valence-corrected chi connectivity index (χ4v) is 2.14. The molecule has 5 heteroatoms. The van der Waals surface area contributed by atoms with Crippen molar-refractivity contribution in [2.24, 2.45) is 11.1 Å². The minimum atomic E-state index is -1.27. The molecule has 1 aliphatic rings. The molecule has 3 unspecified atom stereocenters. The smallest absolute Gasteiger partial charge is 0.0914 e. The van der Waals surface area contributed by atoms with Crippen LogP contribution >= 0.6 is 0 Å². The van der Waals surface area contributed by atoms with Crippen LogP contribution in [0.4, 0.5) is 0 Å². The average Bonchev–Trinajstić information content (AvgIpc) is 2.51. The van der Waals surface area contributed by atoms with Crippen LogP contribution in [0.2, 0.25) is 0 Å². The summed E-state index contributed by atoms with van der Waals surface area (Å²) in [4.78, 5) is 0. The second-order valence-corrected chi connectivity index (χ2v) is 4.04. The van der Waals surface area contributed by atoms with Crippen LogP contribution < -0.4 is 5.14 Å². The Kier molecular flexibility index (Phi) is 4.14. The molecule has 0 saturated carbocycles. The summed E-state index contributed by atoms with van der Waals surface area (Å²) in [5.41, 5.74) is 0. The molecule has 2 N–H and O–H groups in total. The van der Waals surface area contributed by atoms with E-state index in [-0.39, 0.29) is 6.10 Å². The molecule has 1 saturated heterocycles. The molecule has 12 heavy (non-hydrogen) atoms. The zero-order valence-corrected chi connectivity index (χ0v) is 8.01. The highest BCUT2D eigenvalue weighted by molar-refractivity contribution is 7.82. The van der Waals surface area contributed by atoms with Gasteiger partial charge in [-0.3, -0.25) is 5.14 Å². The molecule has 1 fully saturated rings. The van der Waals surface area contributed by atoms with Crippen LogP contribution in [0.15, 0.2) is 0 Å². The molecule has 1 heterocycles. The van der Waals surface area contributed by atoms with E-state index in [4.69, 9.17) is 14.6 Å².